The van der Waals surface area contributed by atoms with Gasteiger partial charge in [-0.15, -0.1) is 0 Å². The van der Waals surface area contributed by atoms with Crippen LogP contribution in [-0.4, -0.2) is 0 Å². The number of hydrogen-bond donors (Lipinski definition) is 0. The summed E-state index contributed by atoms with van der Waals surface area (Å²) >= 11 is 1.47. The lowest BCUT2D eigenvalue weighted by atomic mass is 9.87. The number of benzene rings is 3. The second-order valence-electron chi connectivity index (χ2n) is 7.09. The summed E-state index contributed by atoms with van der Waals surface area (Å²) in [6, 6.07) is 28.0. The van der Waals surface area contributed by atoms with E-state index in [1.807, 2.05) is 60.7 Å². The SMILES string of the molecule is CC(C)(C)c1ccc(SP(=O)(c2ccccc2)c2ccccc2)cc1. The van der Waals surface area contributed by atoms with Crippen LogP contribution in [0.25, 0.3) is 0 Å². The first-order chi connectivity index (χ1) is 11.9. The summed E-state index contributed by atoms with van der Waals surface area (Å²) in [6.45, 7) is 6.61. The smallest absolute Gasteiger partial charge is 0.199 e. The predicted octanol–water partition coefficient (Wildman–Crippen LogP) is 6.01. The minimum Gasteiger partial charge on any atom is -0.302 e. The first-order valence-corrected chi connectivity index (χ1v) is 11.5. The molecule has 0 saturated carbocycles. The van der Waals surface area contributed by atoms with Crippen molar-refractivity contribution in [1.82, 2.24) is 0 Å². The molecule has 0 bridgehead atoms. The molecule has 0 fully saturated rings. The third kappa shape index (κ3) is 4.08. The van der Waals surface area contributed by atoms with Gasteiger partial charge in [-0.25, -0.2) is 0 Å². The van der Waals surface area contributed by atoms with Crippen molar-refractivity contribution in [3.63, 3.8) is 0 Å². The molecule has 0 radical (unpaired) electrons. The maximum Gasteiger partial charge on any atom is 0.199 e. The zero-order valence-electron chi connectivity index (χ0n) is 14.8. The molecule has 0 aliphatic carbocycles. The van der Waals surface area contributed by atoms with Crippen molar-refractivity contribution < 1.29 is 4.57 Å². The van der Waals surface area contributed by atoms with Gasteiger partial charge in [0.25, 0.3) is 0 Å². The molecule has 0 N–H and O–H groups in total. The molecule has 3 aromatic carbocycles. The lowest BCUT2D eigenvalue weighted by Crippen LogP contribution is -2.13. The molecule has 3 rings (SSSR count). The predicted molar refractivity (Wildman–Crippen MR) is 111 cm³/mol. The fraction of sp³-hybridized carbons (Fsp3) is 0.182. The zero-order valence-corrected chi connectivity index (χ0v) is 16.6. The quantitative estimate of drug-likeness (QED) is 0.526. The van der Waals surface area contributed by atoms with Crippen LogP contribution >= 0.6 is 17.7 Å². The summed E-state index contributed by atoms with van der Waals surface area (Å²) in [4.78, 5) is 1.03. The van der Waals surface area contributed by atoms with Crippen molar-refractivity contribution in [2.24, 2.45) is 0 Å². The molecular formula is C22H23OPS. The zero-order chi connectivity index (χ0) is 17.9. The fourth-order valence-corrected chi connectivity index (χ4v) is 7.48. The third-order valence-corrected chi connectivity index (χ3v) is 9.51. The van der Waals surface area contributed by atoms with Gasteiger partial charge in [0.05, 0.1) is 0 Å². The number of hydrogen-bond acceptors (Lipinski definition) is 2. The first kappa shape index (κ1) is 18.0. The van der Waals surface area contributed by atoms with Gasteiger partial charge in [0.2, 0.25) is 0 Å². The van der Waals surface area contributed by atoms with E-state index >= 15 is 0 Å². The maximum atomic E-state index is 14.0. The summed E-state index contributed by atoms with van der Waals surface area (Å²) in [6.07, 6.45) is -2.79. The number of rotatable bonds is 4. The molecule has 128 valence electrons. The molecule has 0 aliphatic rings. The second kappa shape index (κ2) is 7.23. The van der Waals surface area contributed by atoms with Gasteiger partial charge in [-0.2, -0.15) is 0 Å². The van der Waals surface area contributed by atoms with Crippen LogP contribution in [0.15, 0.2) is 89.8 Å². The topological polar surface area (TPSA) is 17.1 Å². The lowest BCUT2D eigenvalue weighted by Gasteiger charge is -2.21. The van der Waals surface area contributed by atoms with Crippen molar-refractivity contribution in [3.8, 4) is 0 Å². The van der Waals surface area contributed by atoms with Gasteiger partial charge in [-0.1, -0.05) is 105 Å². The van der Waals surface area contributed by atoms with Gasteiger partial charge in [-0.3, -0.25) is 0 Å². The average Bonchev–Trinajstić information content (AvgIpc) is 2.63. The van der Waals surface area contributed by atoms with E-state index in [4.69, 9.17) is 0 Å². The molecule has 0 saturated heterocycles. The Hall–Kier alpha value is -1.76. The van der Waals surface area contributed by atoms with E-state index in [0.29, 0.717) is 0 Å². The molecule has 3 aromatic rings. The molecule has 25 heavy (non-hydrogen) atoms. The highest BCUT2D eigenvalue weighted by Gasteiger charge is 2.28. The van der Waals surface area contributed by atoms with Crippen molar-refractivity contribution in [2.75, 3.05) is 0 Å². The summed E-state index contributed by atoms with van der Waals surface area (Å²) in [5, 5.41) is 1.76. The van der Waals surface area contributed by atoms with Crippen LogP contribution in [0, 0.1) is 0 Å². The van der Waals surface area contributed by atoms with Gasteiger partial charge >= 0.3 is 0 Å². The highest BCUT2D eigenvalue weighted by atomic mass is 32.7. The minimum atomic E-state index is -2.79. The van der Waals surface area contributed by atoms with E-state index < -0.39 is 6.34 Å². The van der Waals surface area contributed by atoms with E-state index in [1.54, 1.807) is 0 Å². The molecule has 0 unspecified atom stereocenters. The fourth-order valence-electron chi connectivity index (χ4n) is 2.67. The normalized spacial score (nSPS) is 12.1. The summed E-state index contributed by atoms with van der Waals surface area (Å²) < 4.78 is 14.0. The van der Waals surface area contributed by atoms with Crippen molar-refractivity contribution in [3.05, 3.63) is 90.5 Å². The Morgan fingerprint density at radius 3 is 1.52 bits per heavy atom. The van der Waals surface area contributed by atoms with Crippen LogP contribution in [0.2, 0.25) is 0 Å². The monoisotopic (exact) mass is 366 g/mol. The molecule has 0 heterocycles. The molecule has 3 heteroatoms. The Kier molecular flexibility index (Phi) is 5.22. The molecule has 0 atom stereocenters. The van der Waals surface area contributed by atoms with Gasteiger partial charge in [-0.05, 0) is 23.1 Å². The van der Waals surface area contributed by atoms with Gasteiger partial charge in [0.15, 0.2) is 6.34 Å². The van der Waals surface area contributed by atoms with Gasteiger partial charge in [0.1, 0.15) is 0 Å². The van der Waals surface area contributed by atoms with E-state index in [2.05, 4.69) is 45.0 Å². The van der Waals surface area contributed by atoms with Crippen molar-refractivity contribution in [2.45, 2.75) is 31.1 Å². The summed E-state index contributed by atoms with van der Waals surface area (Å²) in [5.41, 5.74) is 1.40. The molecule has 1 nitrogen and oxygen atoms in total. The van der Waals surface area contributed by atoms with E-state index in [1.165, 1.54) is 16.9 Å². The highest BCUT2D eigenvalue weighted by Crippen LogP contribution is 2.59. The van der Waals surface area contributed by atoms with Crippen molar-refractivity contribution >= 4 is 28.3 Å². The summed E-state index contributed by atoms with van der Waals surface area (Å²) in [5.74, 6) is 0. The summed E-state index contributed by atoms with van der Waals surface area (Å²) in [7, 11) is 0. The Bertz CT molecular complexity index is 822. The van der Waals surface area contributed by atoms with Crippen LogP contribution < -0.4 is 10.6 Å². The molecule has 0 amide bonds. The minimum absolute atomic E-state index is 0.117. The Balaban J connectivity index is 2.01. The standard InChI is InChI=1S/C22H23OPS/c1-22(2,3)18-14-16-21(17-15-18)25-24(23,19-10-6-4-7-11-19)20-12-8-5-9-13-20/h4-17H,1-3H3. The average molecular weight is 366 g/mol. The van der Waals surface area contributed by atoms with E-state index in [9.17, 15) is 4.57 Å². The molecule has 0 aromatic heterocycles. The van der Waals surface area contributed by atoms with Crippen LogP contribution in [-0.2, 0) is 9.98 Å². The van der Waals surface area contributed by atoms with Gasteiger partial charge < -0.3 is 4.57 Å². The first-order valence-electron chi connectivity index (χ1n) is 8.41. The molecular weight excluding hydrogens is 343 g/mol. The maximum absolute atomic E-state index is 14.0. The van der Waals surface area contributed by atoms with Crippen LogP contribution in [0.4, 0.5) is 0 Å². The Morgan fingerprint density at radius 1 is 0.680 bits per heavy atom. The van der Waals surface area contributed by atoms with E-state index in [-0.39, 0.29) is 5.41 Å². The molecule has 0 spiro atoms. The van der Waals surface area contributed by atoms with Crippen LogP contribution in [0.5, 0.6) is 0 Å². The largest absolute Gasteiger partial charge is 0.302 e. The van der Waals surface area contributed by atoms with E-state index in [0.717, 1.165) is 15.5 Å². The van der Waals surface area contributed by atoms with Crippen LogP contribution in [0.1, 0.15) is 26.3 Å². The Labute approximate surface area is 154 Å². The lowest BCUT2D eigenvalue weighted by molar-refractivity contribution is 0.590. The van der Waals surface area contributed by atoms with Crippen LogP contribution in [0.3, 0.4) is 0 Å². The van der Waals surface area contributed by atoms with Gasteiger partial charge in [0, 0.05) is 15.5 Å². The third-order valence-electron chi connectivity index (χ3n) is 4.15. The van der Waals surface area contributed by atoms with Crippen molar-refractivity contribution in [1.29, 1.82) is 0 Å². The second-order valence-corrected chi connectivity index (χ2v) is 12.0. The Morgan fingerprint density at radius 2 is 1.12 bits per heavy atom. The highest BCUT2D eigenvalue weighted by molar-refractivity contribution is 8.62. The molecule has 0 aliphatic heterocycles.